The molecule has 0 aliphatic heterocycles. The molecular weight excluding hydrogens is 245 g/mol. The lowest BCUT2D eigenvalue weighted by atomic mass is 10.2. The smallest absolute Gasteiger partial charge is 0.252 e. The van der Waals surface area contributed by atoms with Crippen LogP contribution in [0.1, 0.15) is 24.6 Å². The number of aromatic nitrogens is 2. The maximum Gasteiger partial charge on any atom is 0.252 e. The van der Waals surface area contributed by atoms with Gasteiger partial charge >= 0.3 is 0 Å². The van der Waals surface area contributed by atoms with Gasteiger partial charge in [0.25, 0.3) is 5.56 Å². The Morgan fingerprint density at radius 1 is 1.32 bits per heavy atom. The molecule has 0 bridgehead atoms. The molecule has 0 aliphatic carbocycles. The van der Waals surface area contributed by atoms with E-state index in [0.717, 1.165) is 24.1 Å². The zero-order valence-corrected chi connectivity index (χ0v) is 10.7. The van der Waals surface area contributed by atoms with E-state index in [1.807, 2.05) is 6.92 Å². The van der Waals surface area contributed by atoms with Crippen LogP contribution in [0.2, 0.25) is 0 Å². The molecule has 4 nitrogen and oxygen atoms in total. The summed E-state index contributed by atoms with van der Waals surface area (Å²) in [6, 6.07) is 7.70. The molecule has 1 aromatic heterocycles. The van der Waals surface area contributed by atoms with Gasteiger partial charge in [-0.25, -0.2) is 9.37 Å². The van der Waals surface area contributed by atoms with Crippen LogP contribution in [0.25, 0.3) is 0 Å². The number of nitrogens with zero attached hydrogens (tertiary/aromatic N) is 1. The van der Waals surface area contributed by atoms with E-state index in [1.165, 1.54) is 18.2 Å². The van der Waals surface area contributed by atoms with Crippen LogP contribution in [-0.4, -0.2) is 9.97 Å². The lowest BCUT2D eigenvalue weighted by molar-refractivity contribution is 0.627. The third kappa shape index (κ3) is 3.91. The summed E-state index contributed by atoms with van der Waals surface area (Å²) in [5, 5.41) is 3.03. The van der Waals surface area contributed by atoms with Crippen LogP contribution in [0.3, 0.4) is 0 Å². The summed E-state index contributed by atoms with van der Waals surface area (Å²) >= 11 is 0. The molecule has 2 aromatic rings. The average molecular weight is 261 g/mol. The fraction of sp³-hybridized carbons (Fsp3) is 0.286. The minimum Gasteiger partial charge on any atom is -0.352 e. The summed E-state index contributed by atoms with van der Waals surface area (Å²) in [5.41, 5.74) is 1.53. The van der Waals surface area contributed by atoms with Crippen LogP contribution in [0, 0.1) is 5.82 Å². The molecule has 0 spiro atoms. The number of benzene rings is 1. The minimum absolute atomic E-state index is 0.167. The van der Waals surface area contributed by atoms with Gasteiger partial charge in [0.15, 0.2) is 0 Å². The molecule has 0 atom stereocenters. The van der Waals surface area contributed by atoms with Gasteiger partial charge < -0.3 is 5.32 Å². The quantitative estimate of drug-likeness (QED) is 0.869. The van der Waals surface area contributed by atoms with Gasteiger partial charge in [-0.3, -0.25) is 9.78 Å². The molecule has 5 heteroatoms. The summed E-state index contributed by atoms with van der Waals surface area (Å²) in [4.78, 5) is 18.4. The van der Waals surface area contributed by atoms with Gasteiger partial charge in [-0.15, -0.1) is 0 Å². The molecule has 0 radical (unpaired) electrons. The van der Waals surface area contributed by atoms with Gasteiger partial charge in [0.2, 0.25) is 5.95 Å². The van der Waals surface area contributed by atoms with Gasteiger partial charge in [0.1, 0.15) is 5.82 Å². The van der Waals surface area contributed by atoms with E-state index in [-0.39, 0.29) is 11.4 Å². The molecule has 19 heavy (non-hydrogen) atoms. The van der Waals surface area contributed by atoms with E-state index in [0.29, 0.717) is 12.5 Å². The minimum atomic E-state index is -0.264. The normalized spacial score (nSPS) is 10.4. The SMILES string of the molecule is CCCc1cc(=O)[nH]c(NCc2ccc(F)cc2)n1. The molecule has 100 valence electrons. The van der Waals surface area contributed by atoms with Crippen LogP contribution in [0.4, 0.5) is 10.3 Å². The molecular formula is C14H16FN3O. The van der Waals surface area contributed by atoms with Crippen LogP contribution >= 0.6 is 0 Å². The third-order valence-electron chi connectivity index (χ3n) is 2.67. The second-order valence-corrected chi connectivity index (χ2v) is 4.32. The van der Waals surface area contributed by atoms with Crippen molar-refractivity contribution < 1.29 is 4.39 Å². The Hall–Kier alpha value is -2.17. The van der Waals surface area contributed by atoms with E-state index in [2.05, 4.69) is 15.3 Å². The van der Waals surface area contributed by atoms with Crippen LogP contribution in [0.15, 0.2) is 35.1 Å². The lowest BCUT2D eigenvalue weighted by Gasteiger charge is -2.06. The summed E-state index contributed by atoms with van der Waals surface area (Å²) in [5.74, 6) is 0.181. The number of hydrogen-bond acceptors (Lipinski definition) is 3. The molecule has 1 aromatic carbocycles. The number of anilines is 1. The number of aromatic amines is 1. The first-order valence-electron chi connectivity index (χ1n) is 6.26. The maximum atomic E-state index is 12.8. The highest BCUT2D eigenvalue weighted by molar-refractivity contribution is 5.28. The number of rotatable bonds is 5. The van der Waals surface area contributed by atoms with E-state index in [4.69, 9.17) is 0 Å². The molecule has 0 aliphatic rings. The van der Waals surface area contributed by atoms with Crippen molar-refractivity contribution in [2.75, 3.05) is 5.32 Å². The van der Waals surface area contributed by atoms with Crippen molar-refractivity contribution in [3.63, 3.8) is 0 Å². The van der Waals surface area contributed by atoms with Crippen LogP contribution in [-0.2, 0) is 13.0 Å². The fourth-order valence-corrected chi connectivity index (χ4v) is 1.76. The highest BCUT2D eigenvalue weighted by Crippen LogP contribution is 2.06. The Morgan fingerprint density at radius 3 is 2.74 bits per heavy atom. The Morgan fingerprint density at radius 2 is 2.05 bits per heavy atom. The van der Waals surface area contributed by atoms with Crippen LogP contribution in [0.5, 0.6) is 0 Å². The molecule has 2 N–H and O–H groups in total. The Bertz CT molecular complexity index is 592. The second-order valence-electron chi connectivity index (χ2n) is 4.32. The fourth-order valence-electron chi connectivity index (χ4n) is 1.76. The first kappa shape index (κ1) is 13.3. The number of nitrogens with one attached hydrogen (secondary N) is 2. The highest BCUT2D eigenvalue weighted by atomic mass is 19.1. The van der Waals surface area contributed by atoms with Crippen molar-refractivity contribution in [2.24, 2.45) is 0 Å². The molecule has 0 fully saturated rings. The predicted molar refractivity (Wildman–Crippen MR) is 72.6 cm³/mol. The molecule has 0 amide bonds. The molecule has 1 heterocycles. The molecule has 0 unspecified atom stereocenters. The van der Waals surface area contributed by atoms with E-state index in [9.17, 15) is 9.18 Å². The highest BCUT2D eigenvalue weighted by Gasteiger charge is 2.01. The largest absolute Gasteiger partial charge is 0.352 e. The average Bonchev–Trinajstić information content (AvgIpc) is 2.38. The summed E-state index contributed by atoms with van der Waals surface area (Å²) < 4.78 is 12.8. The molecule has 0 saturated heterocycles. The summed E-state index contributed by atoms with van der Waals surface area (Å²) in [6.07, 6.45) is 1.71. The van der Waals surface area contributed by atoms with E-state index < -0.39 is 0 Å². The van der Waals surface area contributed by atoms with E-state index >= 15 is 0 Å². The van der Waals surface area contributed by atoms with Crippen molar-refractivity contribution in [1.82, 2.24) is 9.97 Å². The van der Waals surface area contributed by atoms with Crippen molar-refractivity contribution in [1.29, 1.82) is 0 Å². The first-order valence-corrected chi connectivity index (χ1v) is 6.26. The number of hydrogen-bond donors (Lipinski definition) is 2. The van der Waals surface area contributed by atoms with Gasteiger partial charge in [-0.2, -0.15) is 0 Å². The van der Waals surface area contributed by atoms with Crippen LogP contribution < -0.4 is 10.9 Å². The standard InChI is InChI=1S/C14H16FN3O/c1-2-3-12-8-13(19)18-14(17-12)16-9-10-4-6-11(15)7-5-10/h4-8H,2-3,9H2,1H3,(H2,16,17,18,19). The van der Waals surface area contributed by atoms with Crippen molar-refractivity contribution in [3.8, 4) is 0 Å². The summed E-state index contributed by atoms with van der Waals surface area (Å²) in [7, 11) is 0. The Balaban J connectivity index is 2.06. The maximum absolute atomic E-state index is 12.8. The van der Waals surface area contributed by atoms with Crippen molar-refractivity contribution in [3.05, 3.63) is 57.8 Å². The van der Waals surface area contributed by atoms with Gasteiger partial charge in [-0.05, 0) is 24.1 Å². The van der Waals surface area contributed by atoms with Gasteiger partial charge in [0, 0.05) is 18.3 Å². The topological polar surface area (TPSA) is 57.8 Å². The number of aryl methyl sites for hydroxylation is 1. The third-order valence-corrected chi connectivity index (χ3v) is 2.67. The van der Waals surface area contributed by atoms with Crippen molar-refractivity contribution in [2.45, 2.75) is 26.3 Å². The van der Waals surface area contributed by atoms with E-state index in [1.54, 1.807) is 12.1 Å². The lowest BCUT2D eigenvalue weighted by Crippen LogP contribution is -2.14. The molecule has 2 rings (SSSR count). The van der Waals surface area contributed by atoms with Gasteiger partial charge in [0.05, 0.1) is 0 Å². The number of halogens is 1. The zero-order chi connectivity index (χ0) is 13.7. The predicted octanol–water partition coefficient (Wildman–Crippen LogP) is 2.47. The van der Waals surface area contributed by atoms with Gasteiger partial charge in [-0.1, -0.05) is 25.5 Å². The Labute approximate surface area is 110 Å². The first-order chi connectivity index (χ1) is 9.17. The zero-order valence-electron chi connectivity index (χ0n) is 10.7. The monoisotopic (exact) mass is 261 g/mol. The van der Waals surface area contributed by atoms with Crippen molar-refractivity contribution >= 4 is 5.95 Å². The summed E-state index contributed by atoms with van der Waals surface area (Å²) in [6.45, 7) is 2.52. The second kappa shape index (κ2) is 6.13. The number of H-pyrrole nitrogens is 1. The Kier molecular flexibility index (Phi) is 4.28. The molecule has 0 saturated carbocycles.